The average molecular weight is 582 g/mol. The first-order chi connectivity index (χ1) is 20.1. The highest BCUT2D eigenvalue weighted by molar-refractivity contribution is 7.09. The van der Waals surface area contributed by atoms with Crippen molar-refractivity contribution in [1.82, 2.24) is 25.8 Å². The van der Waals surface area contributed by atoms with Crippen LogP contribution in [0.5, 0.6) is 17.2 Å². The number of ether oxygens (including phenoxy) is 4. The maximum Gasteiger partial charge on any atom is 0.315 e. The normalized spacial score (nSPS) is 20.3. The number of carbonyl (C=O) groups excluding carboxylic acids is 2. The summed E-state index contributed by atoms with van der Waals surface area (Å²) < 4.78 is 23.4. The van der Waals surface area contributed by atoms with Gasteiger partial charge in [0, 0.05) is 56.5 Å². The van der Waals surface area contributed by atoms with Crippen LogP contribution in [0.4, 0.5) is 4.79 Å². The van der Waals surface area contributed by atoms with Crippen LogP contribution in [0.1, 0.15) is 27.3 Å². The molecule has 2 aliphatic heterocycles. The maximum atomic E-state index is 12.9. The molecule has 4 bridgehead atoms. The summed E-state index contributed by atoms with van der Waals surface area (Å²) in [5.74, 6) is 1.26. The van der Waals surface area contributed by atoms with E-state index in [1.54, 1.807) is 36.6 Å². The van der Waals surface area contributed by atoms with E-state index in [1.165, 1.54) is 0 Å². The van der Waals surface area contributed by atoms with Crippen LogP contribution in [0.3, 0.4) is 0 Å². The maximum absolute atomic E-state index is 12.9. The Morgan fingerprint density at radius 1 is 1.10 bits per heavy atom. The van der Waals surface area contributed by atoms with E-state index in [0.717, 1.165) is 30.1 Å². The lowest BCUT2D eigenvalue weighted by Crippen LogP contribution is -2.56. The van der Waals surface area contributed by atoms with E-state index in [1.807, 2.05) is 35.8 Å². The number of nitrogens with zero attached hydrogens (tertiary/aromatic N) is 2. The Kier molecular flexibility index (Phi) is 10.0. The van der Waals surface area contributed by atoms with Gasteiger partial charge in [0.2, 0.25) is 0 Å². The van der Waals surface area contributed by atoms with Crippen LogP contribution in [0, 0.1) is 0 Å². The predicted molar refractivity (Wildman–Crippen MR) is 154 cm³/mol. The summed E-state index contributed by atoms with van der Waals surface area (Å²) in [6, 6.07) is 12.2. The van der Waals surface area contributed by atoms with Crippen LogP contribution < -0.4 is 25.4 Å². The van der Waals surface area contributed by atoms with Crippen LogP contribution >= 0.6 is 11.3 Å². The lowest BCUT2D eigenvalue weighted by atomic mass is 10.0. The van der Waals surface area contributed by atoms with E-state index in [-0.39, 0.29) is 37.2 Å². The zero-order valence-corrected chi connectivity index (χ0v) is 23.8. The minimum atomic E-state index is -0.301. The van der Waals surface area contributed by atoms with E-state index in [9.17, 15) is 9.59 Å². The van der Waals surface area contributed by atoms with Gasteiger partial charge in [-0.15, -0.1) is 11.3 Å². The molecular formula is C29H35N5O6S. The molecule has 1 saturated heterocycles. The molecule has 3 amide bonds. The van der Waals surface area contributed by atoms with Crippen molar-refractivity contribution in [3.63, 3.8) is 0 Å². The number of rotatable bonds is 6. The number of carbonyl (C=O) groups is 2. The second-order valence-electron chi connectivity index (χ2n) is 9.85. The van der Waals surface area contributed by atoms with Crippen molar-refractivity contribution in [2.24, 2.45) is 0 Å². The molecule has 0 spiro atoms. The fourth-order valence-corrected chi connectivity index (χ4v) is 5.44. The van der Waals surface area contributed by atoms with Crippen LogP contribution in [0.2, 0.25) is 0 Å². The molecule has 0 unspecified atom stereocenters. The monoisotopic (exact) mass is 581 g/mol. The molecule has 3 aromatic rings. The van der Waals surface area contributed by atoms with Crippen LogP contribution in [-0.2, 0) is 22.6 Å². The van der Waals surface area contributed by atoms with Gasteiger partial charge in [-0.1, -0.05) is 12.1 Å². The molecule has 2 aliphatic rings. The van der Waals surface area contributed by atoms with Crippen molar-refractivity contribution < 1.29 is 28.5 Å². The molecule has 5 rings (SSSR count). The van der Waals surface area contributed by atoms with Crippen molar-refractivity contribution in [2.45, 2.75) is 31.7 Å². The Morgan fingerprint density at radius 3 is 2.85 bits per heavy atom. The van der Waals surface area contributed by atoms with Gasteiger partial charge in [-0.3, -0.25) is 9.69 Å². The van der Waals surface area contributed by atoms with Gasteiger partial charge in [0.05, 0.1) is 31.9 Å². The first kappa shape index (κ1) is 28.8. The summed E-state index contributed by atoms with van der Waals surface area (Å²) in [4.78, 5) is 32.4. The number of nitrogens with one attached hydrogen (secondary N) is 3. The second-order valence-corrected chi connectivity index (χ2v) is 10.8. The minimum Gasteiger partial charge on any atom is -0.491 e. The third-order valence-electron chi connectivity index (χ3n) is 6.79. The molecule has 41 heavy (non-hydrogen) atoms. The summed E-state index contributed by atoms with van der Waals surface area (Å²) in [5.41, 5.74) is 1.31. The number of hydrogen-bond acceptors (Lipinski definition) is 9. The van der Waals surface area contributed by atoms with Crippen molar-refractivity contribution in [2.75, 3.05) is 46.5 Å². The Balaban J connectivity index is 1.35. The van der Waals surface area contributed by atoms with Gasteiger partial charge < -0.3 is 34.9 Å². The first-order valence-electron chi connectivity index (χ1n) is 13.6. The molecule has 0 aliphatic carbocycles. The van der Waals surface area contributed by atoms with Crippen molar-refractivity contribution in [3.8, 4) is 17.2 Å². The molecule has 0 saturated carbocycles. The van der Waals surface area contributed by atoms with Gasteiger partial charge in [-0.05, 0) is 36.2 Å². The van der Waals surface area contributed by atoms with E-state index in [4.69, 9.17) is 18.9 Å². The Hall–Kier alpha value is -3.71. The lowest BCUT2D eigenvalue weighted by Gasteiger charge is -2.38. The number of hydrogen-bond donors (Lipinski definition) is 3. The molecule has 12 heteroatoms. The molecule has 3 N–H and O–H groups in total. The smallest absolute Gasteiger partial charge is 0.315 e. The number of fused-ring (bicyclic) bond motifs is 5. The lowest BCUT2D eigenvalue weighted by molar-refractivity contribution is -0.0303. The number of methoxy groups -OCH3 is 1. The highest BCUT2D eigenvalue weighted by Gasteiger charge is 2.31. The summed E-state index contributed by atoms with van der Waals surface area (Å²) >= 11 is 1.63. The van der Waals surface area contributed by atoms with E-state index >= 15 is 0 Å². The van der Waals surface area contributed by atoms with Gasteiger partial charge in [0.15, 0.2) is 0 Å². The highest BCUT2D eigenvalue weighted by atomic mass is 32.1. The highest BCUT2D eigenvalue weighted by Crippen LogP contribution is 2.29. The molecule has 218 valence electrons. The van der Waals surface area contributed by atoms with E-state index in [2.05, 4.69) is 25.8 Å². The number of aromatic nitrogens is 1. The third-order valence-corrected chi connectivity index (χ3v) is 7.56. The summed E-state index contributed by atoms with van der Waals surface area (Å²) in [6.45, 7) is 3.84. The molecule has 2 atom stereocenters. The third kappa shape index (κ3) is 8.40. The Bertz CT molecular complexity index is 1310. The van der Waals surface area contributed by atoms with Gasteiger partial charge >= 0.3 is 6.03 Å². The number of likely N-dealkylation sites (tertiary alicyclic amines) is 1. The SMILES string of the molecule is COCCOc1cc2cc(c1)C(=O)NCCNC(=O)N[C@H]1CCN(Cc3nccs3)C[C@@H]1OCc1cccc(c1)O2. The number of piperidine rings is 1. The molecular weight excluding hydrogens is 546 g/mol. The van der Waals surface area contributed by atoms with Crippen LogP contribution in [-0.4, -0.2) is 80.5 Å². The van der Waals surface area contributed by atoms with Crippen molar-refractivity contribution in [3.05, 3.63) is 70.2 Å². The largest absolute Gasteiger partial charge is 0.491 e. The van der Waals surface area contributed by atoms with E-state index < -0.39 is 0 Å². The van der Waals surface area contributed by atoms with Crippen molar-refractivity contribution >= 4 is 23.3 Å². The predicted octanol–water partition coefficient (Wildman–Crippen LogP) is 3.16. The standard InChI is InChI=1S/C29H35N5O6S/c1-37-10-11-38-23-14-21-15-24(16-23)40-22-4-2-3-20(13-22)19-39-26-17-34(18-27-30-8-12-41-27)9-5-25(26)33-29(36)32-7-6-31-28(21)35/h2-4,8,12-16,25-26H,5-7,9-11,17-19H2,1H3,(H,31,35)(H2,32,33,36)/t25-,26-/m0/s1. The number of urea groups is 1. The average Bonchev–Trinajstić information content (AvgIpc) is 3.48. The minimum absolute atomic E-state index is 0.160. The number of thiazole rings is 1. The molecule has 0 radical (unpaired) electrons. The summed E-state index contributed by atoms with van der Waals surface area (Å²) in [5, 5.41) is 11.8. The molecule has 1 fully saturated rings. The van der Waals surface area contributed by atoms with E-state index in [0.29, 0.717) is 49.2 Å². The molecule has 3 heterocycles. The van der Waals surface area contributed by atoms with Gasteiger partial charge in [0.25, 0.3) is 5.91 Å². The zero-order chi connectivity index (χ0) is 28.4. The molecule has 11 nitrogen and oxygen atoms in total. The summed E-state index contributed by atoms with van der Waals surface area (Å²) in [7, 11) is 1.60. The fraction of sp³-hybridized carbons (Fsp3) is 0.414. The van der Waals surface area contributed by atoms with Crippen LogP contribution in [0.25, 0.3) is 0 Å². The zero-order valence-electron chi connectivity index (χ0n) is 23.0. The van der Waals surface area contributed by atoms with Crippen LogP contribution in [0.15, 0.2) is 54.0 Å². The molecule has 2 aromatic carbocycles. The Morgan fingerprint density at radius 2 is 2.00 bits per heavy atom. The van der Waals surface area contributed by atoms with Gasteiger partial charge in [-0.25, -0.2) is 9.78 Å². The summed E-state index contributed by atoms with van der Waals surface area (Å²) in [6.07, 6.45) is 2.34. The first-order valence-corrected chi connectivity index (χ1v) is 14.5. The van der Waals surface area contributed by atoms with Gasteiger partial charge in [-0.2, -0.15) is 0 Å². The molecule has 1 aromatic heterocycles. The number of benzene rings is 2. The second kappa shape index (κ2) is 14.3. The topological polar surface area (TPSA) is 123 Å². The van der Waals surface area contributed by atoms with Gasteiger partial charge in [0.1, 0.15) is 28.9 Å². The van der Waals surface area contributed by atoms with Crippen molar-refractivity contribution in [1.29, 1.82) is 0 Å². The number of amides is 3. The fourth-order valence-electron chi connectivity index (χ4n) is 4.78. The quantitative estimate of drug-likeness (QED) is 0.380. The Labute approximate surface area is 243 Å².